The molecule has 0 amide bonds. The average molecular weight is 811 g/mol. The number of nitrogens with zero attached hydrogens (tertiary/aromatic N) is 4. The Kier molecular flexibility index (Phi) is 7.12. The smallest absolute Gasteiger partial charge is 0.101 e. The van der Waals surface area contributed by atoms with Crippen LogP contribution in [-0.4, -0.2) is 0 Å². The van der Waals surface area contributed by atoms with Gasteiger partial charge in [0.1, 0.15) is 24.3 Å². The molecule has 0 N–H and O–H groups in total. The van der Waals surface area contributed by atoms with E-state index in [0.29, 0.717) is 33.4 Å². The highest BCUT2D eigenvalue weighted by molar-refractivity contribution is 7.26. The highest BCUT2D eigenvalue weighted by Crippen LogP contribution is 2.62. The van der Waals surface area contributed by atoms with Gasteiger partial charge in [-0.3, -0.25) is 0 Å². The van der Waals surface area contributed by atoms with Crippen molar-refractivity contribution in [2.24, 2.45) is 0 Å². The van der Waals surface area contributed by atoms with Gasteiger partial charge in [-0.25, -0.2) is 0 Å². The molecule has 0 saturated carbocycles. The number of rotatable bonds is 3. The lowest BCUT2D eigenvalue weighted by Gasteiger charge is -2.22. The second-order valence-electron chi connectivity index (χ2n) is 16.3. The molecular formula is C58H26N4S. The van der Waals surface area contributed by atoms with Crippen LogP contribution in [0.1, 0.15) is 22.3 Å². The summed E-state index contributed by atoms with van der Waals surface area (Å²) in [6.07, 6.45) is 0. The fourth-order valence-electron chi connectivity index (χ4n) is 10.7. The third-order valence-electron chi connectivity index (χ3n) is 13.3. The number of thiophene rings is 1. The first-order valence-corrected chi connectivity index (χ1v) is 21.5. The molecule has 5 heteroatoms. The Morgan fingerprint density at radius 1 is 0.333 bits per heavy atom. The zero-order chi connectivity index (χ0) is 42.1. The van der Waals surface area contributed by atoms with Gasteiger partial charge in [0.25, 0.3) is 0 Å². The fourth-order valence-corrected chi connectivity index (χ4v) is 12.0. The van der Waals surface area contributed by atoms with E-state index in [1.807, 2.05) is 47.7 Å². The fraction of sp³-hybridized carbons (Fsp3) is 0. The largest absolute Gasteiger partial charge is 0.192 e. The molecule has 0 unspecified atom stereocenters. The Bertz CT molecular complexity index is 3990. The Hall–Kier alpha value is -8.84. The van der Waals surface area contributed by atoms with Crippen molar-refractivity contribution in [2.75, 3.05) is 0 Å². The van der Waals surface area contributed by atoms with Crippen LogP contribution in [0, 0.1) is 45.3 Å². The minimum atomic E-state index is 0.309. The van der Waals surface area contributed by atoms with Gasteiger partial charge in [0, 0.05) is 31.3 Å². The quantitative estimate of drug-likeness (QED) is 0.166. The Morgan fingerprint density at radius 3 is 1.46 bits per heavy atom. The normalized spacial score (nSPS) is 11.7. The monoisotopic (exact) mass is 810 g/mol. The molecule has 2 aliphatic rings. The molecule has 11 aromatic rings. The highest BCUT2D eigenvalue weighted by atomic mass is 32.1. The second-order valence-corrected chi connectivity index (χ2v) is 17.3. The van der Waals surface area contributed by atoms with Crippen molar-refractivity contribution in [3.05, 3.63) is 180 Å². The van der Waals surface area contributed by atoms with Crippen LogP contribution in [-0.2, 0) is 0 Å². The van der Waals surface area contributed by atoms with Crippen molar-refractivity contribution in [3.8, 4) is 102 Å². The van der Waals surface area contributed by atoms with Gasteiger partial charge in [0.2, 0.25) is 0 Å². The Balaban J connectivity index is 1.16. The van der Waals surface area contributed by atoms with Crippen LogP contribution >= 0.6 is 11.3 Å². The lowest BCUT2D eigenvalue weighted by Crippen LogP contribution is -1.98. The van der Waals surface area contributed by atoms with E-state index in [9.17, 15) is 21.0 Å². The van der Waals surface area contributed by atoms with E-state index in [-0.39, 0.29) is 0 Å². The van der Waals surface area contributed by atoms with Gasteiger partial charge in [0.15, 0.2) is 0 Å². The van der Waals surface area contributed by atoms with Crippen molar-refractivity contribution in [1.82, 2.24) is 0 Å². The van der Waals surface area contributed by atoms with Gasteiger partial charge in [-0.05, 0) is 135 Å². The first kappa shape index (κ1) is 35.0. The van der Waals surface area contributed by atoms with E-state index in [1.54, 1.807) is 12.1 Å². The van der Waals surface area contributed by atoms with Gasteiger partial charge >= 0.3 is 0 Å². The molecular weight excluding hydrogens is 785 g/mol. The number of fused-ring (bicyclic) bond motifs is 11. The topological polar surface area (TPSA) is 95.2 Å². The molecule has 0 fully saturated rings. The standard InChI is InChI=1S/C58H26N4S/c59-27-34-10-5-14-39(49(34)29-61)53-47-24-31-8-1-2-9-32(31)25-48(47)54(40-15-6-11-35(28-60)50(40)30-62)57-45-23-21-42-46-26-33(18-19-37(46)41-20-22-44(56(53)57)55(45)52(41)42)36-13-7-16-43-38-12-3-4-17-51(38)63-58(36)43/h1-26H. The number of nitriles is 4. The third-order valence-corrected chi connectivity index (χ3v) is 14.5. The summed E-state index contributed by atoms with van der Waals surface area (Å²) >= 11 is 1.84. The first-order chi connectivity index (χ1) is 31.1. The van der Waals surface area contributed by atoms with Crippen molar-refractivity contribution in [1.29, 1.82) is 21.0 Å². The molecule has 0 atom stereocenters. The molecule has 2 aliphatic carbocycles. The van der Waals surface area contributed by atoms with Crippen molar-refractivity contribution in [3.63, 3.8) is 0 Å². The van der Waals surface area contributed by atoms with E-state index < -0.39 is 0 Å². The summed E-state index contributed by atoms with van der Waals surface area (Å²) in [5.41, 5.74) is 15.3. The van der Waals surface area contributed by atoms with Crippen LogP contribution in [0.5, 0.6) is 0 Å². The molecule has 0 bridgehead atoms. The van der Waals surface area contributed by atoms with Crippen LogP contribution < -0.4 is 0 Å². The van der Waals surface area contributed by atoms with Gasteiger partial charge in [-0.2, -0.15) is 21.0 Å². The molecule has 1 aromatic heterocycles. The molecule has 10 aromatic carbocycles. The number of benzene rings is 10. The zero-order valence-electron chi connectivity index (χ0n) is 33.2. The lowest BCUT2D eigenvalue weighted by atomic mass is 9.79. The summed E-state index contributed by atoms with van der Waals surface area (Å²) < 4.78 is 2.55. The summed E-state index contributed by atoms with van der Waals surface area (Å²) in [4.78, 5) is 0. The van der Waals surface area contributed by atoms with Crippen LogP contribution in [0.15, 0.2) is 158 Å². The lowest BCUT2D eigenvalue weighted by molar-refractivity contribution is 1.43. The molecule has 63 heavy (non-hydrogen) atoms. The molecule has 0 radical (unpaired) electrons. The molecule has 284 valence electrons. The van der Waals surface area contributed by atoms with Gasteiger partial charge in [-0.15, -0.1) is 11.3 Å². The summed E-state index contributed by atoms with van der Waals surface area (Å²) in [7, 11) is 0. The summed E-state index contributed by atoms with van der Waals surface area (Å²) in [5, 5.41) is 50.8. The minimum Gasteiger partial charge on any atom is -0.192 e. The SMILES string of the molecule is N#Cc1cccc(-c2c3c(c(-c4cccc(C#N)c4C#N)c4cc5ccccc5cc24)-c2ccc4c5c(ccc-3c25)-c2ccc(-c3cccc5c3sc3ccccc35)cc2-4)c1C#N. The van der Waals surface area contributed by atoms with Crippen molar-refractivity contribution < 1.29 is 0 Å². The van der Waals surface area contributed by atoms with Crippen molar-refractivity contribution in [2.45, 2.75) is 0 Å². The van der Waals surface area contributed by atoms with Gasteiger partial charge < -0.3 is 0 Å². The zero-order valence-corrected chi connectivity index (χ0v) is 34.0. The number of hydrogen-bond donors (Lipinski definition) is 0. The van der Waals surface area contributed by atoms with E-state index in [2.05, 4.69) is 133 Å². The molecule has 0 saturated heterocycles. The first-order valence-electron chi connectivity index (χ1n) is 20.7. The Morgan fingerprint density at radius 2 is 0.841 bits per heavy atom. The van der Waals surface area contributed by atoms with Crippen LogP contribution in [0.3, 0.4) is 0 Å². The molecule has 13 rings (SSSR count). The average Bonchev–Trinajstić information content (AvgIpc) is 3.99. The summed E-state index contributed by atoms with van der Waals surface area (Å²) in [6.45, 7) is 0. The predicted octanol–water partition coefficient (Wildman–Crippen LogP) is 15.3. The number of hydrogen-bond acceptors (Lipinski definition) is 5. The van der Waals surface area contributed by atoms with E-state index in [1.165, 1.54) is 42.4 Å². The molecule has 1 heterocycles. The van der Waals surface area contributed by atoms with Crippen LogP contribution in [0.4, 0.5) is 0 Å². The molecule has 0 aliphatic heterocycles. The summed E-state index contributed by atoms with van der Waals surface area (Å²) in [5.74, 6) is 0. The van der Waals surface area contributed by atoms with Gasteiger partial charge in [0.05, 0.1) is 22.3 Å². The maximum absolute atomic E-state index is 10.8. The van der Waals surface area contributed by atoms with E-state index in [0.717, 1.165) is 76.8 Å². The van der Waals surface area contributed by atoms with Crippen LogP contribution in [0.2, 0.25) is 0 Å². The summed E-state index contributed by atoms with van der Waals surface area (Å²) in [6, 6.07) is 64.0. The third kappa shape index (κ3) is 4.59. The molecule has 4 nitrogen and oxygen atoms in total. The van der Waals surface area contributed by atoms with E-state index >= 15 is 0 Å². The predicted molar refractivity (Wildman–Crippen MR) is 256 cm³/mol. The second kappa shape index (κ2) is 12.8. The highest BCUT2D eigenvalue weighted by Gasteiger charge is 2.36. The minimum absolute atomic E-state index is 0.309. The van der Waals surface area contributed by atoms with E-state index in [4.69, 9.17) is 0 Å². The van der Waals surface area contributed by atoms with Crippen LogP contribution in [0.25, 0.3) is 130 Å². The Labute approximate surface area is 365 Å². The van der Waals surface area contributed by atoms with Gasteiger partial charge in [-0.1, -0.05) is 121 Å². The van der Waals surface area contributed by atoms with Crippen molar-refractivity contribution >= 4 is 63.8 Å². The maximum Gasteiger partial charge on any atom is 0.101 e. The molecule has 0 spiro atoms. The maximum atomic E-state index is 10.8.